The molecule has 0 aromatic carbocycles. The van der Waals surface area contributed by atoms with Gasteiger partial charge < -0.3 is 0 Å². The topological polar surface area (TPSA) is 97.8 Å². The molecule has 1 aliphatic rings. The lowest BCUT2D eigenvalue weighted by atomic mass is 9.95. The van der Waals surface area contributed by atoms with Crippen LogP contribution in [0.15, 0.2) is 0 Å². The van der Waals surface area contributed by atoms with Gasteiger partial charge in [-0.05, 0) is 12.3 Å². The number of nitrogens with zero attached hydrogens (tertiary/aromatic N) is 1. The molecule has 3 unspecified atom stereocenters. The molecule has 0 saturated carbocycles. The molecule has 0 bridgehead atoms. The second-order valence-corrected chi connectivity index (χ2v) is 7.42. The van der Waals surface area contributed by atoms with E-state index in [1.165, 1.54) is 7.05 Å². The number of hydrogen-bond donors (Lipinski definition) is 0. The van der Waals surface area contributed by atoms with Crippen molar-refractivity contribution in [1.29, 1.82) is 0 Å². The highest BCUT2D eigenvalue weighted by Gasteiger charge is 2.48. The molecule has 7 nitrogen and oxygen atoms in total. The second kappa shape index (κ2) is 7.24. The van der Waals surface area contributed by atoms with E-state index in [1.807, 2.05) is 13.8 Å². The Hall–Kier alpha value is -0.850. The molecule has 0 radical (unpaired) electrons. The summed E-state index contributed by atoms with van der Waals surface area (Å²) >= 11 is 0. The molecule has 9 heteroatoms. The number of rotatable bonds is 7. The molecular weight excluding hydrogens is 305 g/mol. The molecular formula is C11H18NO6PS. The van der Waals surface area contributed by atoms with Crippen LogP contribution in [0.4, 0.5) is 0 Å². The summed E-state index contributed by atoms with van der Waals surface area (Å²) in [6, 6.07) is 0. The molecule has 114 valence electrons. The number of likely N-dealkylation sites (tertiary alicyclic amines) is 1. The minimum atomic E-state index is -2.99. The number of amides is 2. The van der Waals surface area contributed by atoms with Gasteiger partial charge in [-0.2, -0.15) is 0 Å². The van der Waals surface area contributed by atoms with Crippen LogP contribution in [-0.4, -0.2) is 45.6 Å². The van der Waals surface area contributed by atoms with Crippen molar-refractivity contribution in [2.75, 3.05) is 19.4 Å². The minimum absolute atomic E-state index is 0.0879. The van der Waals surface area contributed by atoms with Crippen LogP contribution in [-0.2, 0) is 34.0 Å². The summed E-state index contributed by atoms with van der Waals surface area (Å²) in [6.45, 7) is 3.59. The summed E-state index contributed by atoms with van der Waals surface area (Å²) in [4.78, 5) is 25.0. The van der Waals surface area contributed by atoms with Crippen LogP contribution in [0.5, 0.6) is 0 Å². The van der Waals surface area contributed by atoms with E-state index in [0.29, 0.717) is 6.42 Å². The normalized spacial score (nSPS) is 24.5. The van der Waals surface area contributed by atoms with Crippen molar-refractivity contribution >= 4 is 30.5 Å². The third kappa shape index (κ3) is 4.07. The van der Waals surface area contributed by atoms with Crippen LogP contribution in [0.3, 0.4) is 0 Å². The van der Waals surface area contributed by atoms with Gasteiger partial charge in [-0.1, -0.05) is 13.8 Å². The molecule has 0 aromatic heterocycles. The minimum Gasteiger partial charge on any atom is -0.284 e. The van der Waals surface area contributed by atoms with Crippen molar-refractivity contribution in [2.24, 2.45) is 11.8 Å². The zero-order valence-electron chi connectivity index (χ0n) is 11.6. The maximum atomic E-state index is 12.2. The summed E-state index contributed by atoms with van der Waals surface area (Å²) < 4.78 is 37.0. The molecule has 0 spiro atoms. The Morgan fingerprint density at radius 3 is 2.40 bits per heavy atom. The number of carbonyl (C=O) groups excluding carboxylic acids is 2. The highest BCUT2D eigenvalue weighted by molar-refractivity contribution is 7.86. The van der Waals surface area contributed by atoms with E-state index in [9.17, 15) is 22.9 Å². The smallest absolute Gasteiger partial charge is 0.284 e. The van der Waals surface area contributed by atoms with E-state index in [-0.39, 0.29) is 24.2 Å². The molecule has 1 rings (SSSR count). The highest BCUT2D eigenvalue weighted by Crippen LogP contribution is 2.29. The summed E-state index contributed by atoms with van der Waals surface area (Å²) in [6.07, 6.45) is 0.474. The SMILES string of the molecule is CC(C)CC1C(=O)N(C)C(=O)C1S(=O)CCOP(=O)=O. The molecule has 2 amide bonds. The highest BCUT2D eigenvalue weighted by atomic mass is 32.2. The number of carbonyl (C=O) groups is 2. The Labute approximate surface area is 120 Å². The zero-order chi connectivity index (χ0) is 15.4. The summed E-state index contributed by atoms with van der Waals surface area (Å²) in [7, 11) is -3.25. The molecule has 1 saturated heterocycles. The zero-order valence-corrected chi connectivity index (χ0v) is 13.3. The van der Waals surface area contributed by atoms with Gasteiger partial charge in [-0.3, -0.25) is 23.2 Å². The van der Waals surface area contributed by atoms with Crippen molar-refractivity contribution < 1.29 is 27.5 Å². The third-order valence-electron chi connectivity index (χ3n) is 3.08. The first-order chi connectivity index (χ1) is 9.25. The van der Waals surface area contributed by atoms with Gasteiger partial charge in [0, 0.05) is 23.6 Å². The van der Waals surface area contributed by atoms with Crippen LogP contribution < -0.4 is 0 Å². The van der Waals surface area contributed by atoms with Gasteiger partial charge in [-0.25, -0.2) is 9.13 Å². The largest absolute Gasteiger partial charge is 0.468 e. The fraction of sp³-hybridized carbons (Fsp3) is 0.818. The van der Waals surface area contributed by atoms with E-state index in [2.05, 4.69) is 4.52 Å². The quantitative estimate of drug-likeness (QED) is 0.509. The number of imide groups is 1. The molecule has 0 aliphatic carbocycles. The van der Waals surface area contributed by atoms with Gasteiger partial charge in [-0.15, -0.1) is 0 Å². The summed E-state index contributed by atoms with van der Waals surface area (Å²) in [5, 5.41) is -0.900. The fourth-order valence-corrected chi connectivity index (χ4v) is 4.04. The molecule has 1 aliphatic heterocycles. The van der Waals surface area contributed by atoms with Gasteiger partial charge in [0.25, 0.3) is 0 Å². The van der Waals surface area contributed by atoms with Crippen LogP contribution >= 0.6 is 7.91 Å². The molecule has 3 atom stereocenters. The van der Waals surface area contributed by atoms with Crippen molar-refractivity contribution in [1.82, 2.24) is 4.90 Å². The van der Waals surface area contributed by atoms with Crippen LogP contribution in [0, 0.1) is 11.8 Å². The first kappa shape index (κ1) is 17.2. The second-order valence-electron chi connectivity index (χ2n) is 5.03. The lowest BCUT2D eigenvalue weighted by Gasteiger charge is -2.16. The van der Waals surface area contributed by atoms with E-state index < -0.39 is 35.8 Å². The molecule has 20 heavy (non-hydrogen) atoms. The van der Waals surface area contributed by atoms with E-state index in [0.717, 1.165) is 4.90 Å². The van der Waals surface area contributed by atoms with Crippen molar-refractivity contribution in [3.8, 4) is 0 Å². The van der Waals surface area contributed by atoms with Gasteiger partial charge in [0.15, 0.2) is 0 Å². The van der Waals surface area contributed by atoms with Crippen LogP contribution in [0.25, 0.3) is 0 Å². The number of hydrogen-bond acceptors (Lipinski definition) is 6. The molecule has 1 heterocycles. The Morgan fingerprint density at radius 1 is 1.30 bits per heavy atom. The van der Waals surface area contributed by atoms with E-state index in [4.69, 9.17) is 0 Å². The Morgan fingerprint density at radius 2 is 1.90 bits per heavy atom. The maximum absolute atomic E-state index is 12.2. The Bertz CT molecular complexity index is 481. The van der Waals surface area contributed by atoms with E-state index >= 15 is 0 Å². The lowest BCUT2D eigenvalue weighted by Crippen LogP contribution is -2.33. The third-order valence-corrected chi connectivity index (χ3v) is 5.14. The van der Waals surface area contributed by atoms with Crippen molar-refractivity contribution in [3.05, 3.63) is 0 Å². The predicted molar refractivity (Wildman–Crippen MR) is 71.8 cm³/mol. The first-order valence-corrected chi connectivity index (χ1v) is 8.69. The predicted octanol–water partition coefficient (Wildman–Crippen LogP) is 0.869. The average Bonchev–Trinajstić information content (AvgIpc) is 2.53. The van der Waals surface area contributed by atoms with Crippen molar-refractivity contribution in [2.45, 2.75) is 25.5 Å². The summed E-state index contributed by atoms with van der Waals surface area (Å²) in [5.74, 6) is -1.29. The first-order valence-electron chi connectivity index (χ1n) is 6.21. The molecule has 0 N–H and O–H groups in total. The standard InChI is InChI=1S/C11H18NO6PS/c1-7(2)6-8-9(11(14)12(3)10(8)13)20(17)5-4-18-19(15)16/h7-9H,4-6H2,1-3H3. The fourth-order valence-electron chi connectivity index (χ4n) is 2.20. The van der Waals surface area contributed by atoms with Crippen molar-refractivity contribution in [3.63, 3.8) is 0 Å². The van der Waals surface area contributed by atoms with Gasteiger partial charge >= 0.3 is 7.91 Å². The maximum Gasteiger partial charge on any atom is 0.468 e. The van der Waals surface area contributed by atoms with Gasteiger partial charge in [0.2, 0.25) is 11.8 Å². The Balaban J connectivity index is 2.79. The molecule has 1 fully saturated rings. The van der Waals surface area contributed by atoms with Gasteiger partial charge in [0.05, 0.1) is 12.5 Å². The lowest BCUT2D eigenvalue weighted by molar-refractivity contribution is -0.137. The molecule has 0 aromatic rings. The van der Waals surface area contributed by atoms with Gasteiger partial charge in [0.1, 0.15) is 5.25 Å². The Kier molecular flexibility index (Phi) is 6.23. The van der Waals surface area contributed by atoms with Crippen LogP contribution in [0.2, 0.25) is 0 Å². The van der Waals surface area contributed by atoms with E-state index in [1.54, 1.807) is 0 Å². The van der Waals surface area contributed by atoms with Crippen LogP contribution in [0.1, 0.15) is 20.3 Å². The monoisotopic (exact) mass is 323 g/mol. The summed E-state index contributed by atoms with van der Waals surface area (Å²) in [5.41, 5.74) is 0. The average molecular weight is 323 g/mol.